The van der Waals surface area contributed by atoms with Crippen LogP contribution in [0.4, 0.5) is 0 Å². The first-order valence-corrected chi connectivity index (χ1v) is 16.4. The third-order valence-electron chi connectivity index (χ3n) is 9.46. The maximum Gasteiger partial charge on any atom is 0.334 e. The molecule has 0 aromatic carbocycles. The number of rotatable bonds is 13. The van der Waals surface area contributed by atoms with E-state index >= 15 is 0 Å². The van der Waals surface area contributed by atoms with Gasteiger partial charge in [0.15, 0.2) is 24.1 Å². The lowest BCUT2D eigenvalue weighted by atomic mass is 9.75. The van der Waals surface area contributed by atoms with Crippen LogP contribution in [0.25, 0.3) is 0 Å². The Balaban J connectivity index is 2.32. The predicted molar refractivity (Wildman–Crippen MR) is 165 cm³/mol. The van der Waals surface area contributed by atoms with Gasteiger partial charge in [-0.2, -0.15) is 0 Å². The number of allylic oxidation sites excluding steroid dienone is 1. The summed E-state index contributed by atoms with van der Waals surface area (Å²) < 4.78 is 36.0. The van der Waals surface area contributed by atoms with Gasteiger partial charge < -0.3 is 38.6 Å². The fraction of sp³-hybridized carbons (Fsp3) is 0.765. The molecule has 0 unspecified atom stereocenters. The fourth-order valence-corrected chi connectivity index (χ4v) is 7.00. The summed E-state index contributed by atoms with van der Waals surface area (Å²) in [5, 5.41) is 24.7. The van der Waals surface area contributed by atoms with Gasteiger partial charge in [0, 0.05) is 38.4 Å². The van der Waals surface area contributed by atoms with Crippen molar-refractivity contribution in [2.45, 2.75) is 155 Å². The van der Waals surface area contributed by atoms with Crippen molar-refractivity contribution in [1.82, 2.24) is 0 Å². The lowest BCUT2D eigenvalue weighted by Crippen LogP contribution is -2.65. The third kappa shape index (κ3) is 7.05. The first-order chi connectivity index (χ1) is 21.5. The van der Waals surface area contributed by atoms with Crippen molar-refractivity contribution in [1.29, 1.82) is 0 Å². The lowest BCUT2D eigenvalue weighted by molar-refractivity contribution is -0.236. The van der Waals surface area contributed by atoms with Crippen LogP contribution in [0.2, 0.25) is 0 Å². The Morgan fingerprint density at radius 3 is 2.17 bits per heavy atom. The second-order valence-electron chi connectivity index (χ2n) is 12.9. The van der Waals surface area contributed by atoms with E-state index in [1.54, 1.807) is 47.6 Å². The first-order valence-electron chi connectivity index (χ1n) is 16.4. The number of esters is 4. The Bertz CT molecular complexity index is 1220. The van der Waals surface area contributed by atoms with E-state index in [0.717, 1.165) is 12.8 Å². The topological polar surface area (TPSA) is 164 Å². The van der Waals surface area contributed by atoms with Crippen molar-refractivity contribution in [3.8, 4) is 0 Å². The highest BCUT2D eigenvalue weighted by Crippen LogP contribution is 2.58. The van der Waals surface area contributed by atoms with Crippen LogP contribution in [0.15, 0.2) is 22.8 Å². The highest BCUT2D eigenvalue weighted by Gasteiger charge is 2.75. The van der Waals surface area contributed by atoms with Crippen LogP contribution in [0, 0.1) is 5.92 Å². The molecule has 0 spiro atoms. The van der Waals surface area contributed by atoms with Crippen LogP contribution in [-0.4, -0.2) is 88.2 Å². The van der Waals surface area contributed by atoms with Crippen LogP contribution < -0.4 is 0 Å². The average molecular weight is 653 g/mol. The van der Waals surface area contributed by atoms with E-state index in [2.05, 4.69) is 0 Å². The van der Waals surface area contributed by atoms with E-state index < -0.39 is 77.3 Å². The molecule has 3 rings (SSSR count). The van der Waals surface area contributed by atoms with Gasteiger partial charge in [0.1, 0.15) is 23.4 Å². The number of unbranched alkanes of at least 4 members (excludes halogenated alkanes) is 2. The van der Waals surface area contributed by atoms with Crippen molar-refractivity contribution in [3.63, 3.8) is 0 Å². The van der Waals surface area contributed by atoms with E-state index in [0.29, 0.717) is 29.6 Å². The van der Waals surface area contributed by atoms with E-state index in [4.69, 9.17) is 28.4 Å². The van der Waals surface area contributed by atoms with E-state index in [1.165, 1.54) is 13.8 Å². The highest BCUT2D eigenvalue weighted by molar-refractivity contribution is 5.88. The molecule has 2 N–H and O–H groups in total. The summed E-state index contributed by atoms with van der Waals surface area (Å²) in [5.74, 6) is -3.56. The molecule has 260 valence electrons. The smallest absolute Gasteiger partial charge is 0.334 e. The summed E-state index contributed by atoms with van der Waals surface area (Å²) in [4.78, 5) is 52.1. The maximum atomic E-state index is 13.3. The molecule has 12 nitrogen and oxygen atoms in total. The zero-order valence-corrected chi connectivity index (χ0v) is 28.7. The molecule has 46 heavy (non-hydrogen) atoms. The molecule has 3 aliphatic rings. The predicted octanol–water partition coefficient (Wildman–Crippen LogP) is 3.98. The number of carbonyl (C=O) groups excluding carboxylic acids is 4. The van der Waals surface area contributed by atoms with Crippen molar-refractivity contribution < 1.29 is 57.8 Å². The van der Waals surface area contributed by atoms with Gasteiger partial charge in [0.25, 0.3) is 0 Å². The van der Waals surface area contributed by atoms with Gasteiger partial charge in [0.05, 0.1) is 5.92 Å². The summed E-state index contributed by atoms with van der Waals surface area (Å²) in [6.07, 6.45) is -2.46. The number of hydrogen-bond donors (Lipinski definition) is 2. The van der Waals surface area contributed by atoms with Crippen molar-refractivity contribution in [2.75, 3.05) is 6.61 Å². The fourth-order valence-electron chi connectivity index (χ4n) is 7.00. The normalized spacial score (nSPS) is 35.6. The summed E-state index contributed by atoms with van der Waals surface area (Å²) >= 11 is 0. The molecule has 2 fully saturated rings. The molecule has 0 aromatic heterocycles. The molecule has 12 heteroatoms. The van der Waals surface area contributed by atoms with Crippen molar-refractivity contribution in [2.24, 2.45) is 5.92 Å². The molecule has 1 saturated carbocycles. The van der Waals surface area contributed by atoms with Crippen LogP contribution in [0.1, 0.15) is 107 Å². The zero-order chi connectivity index (χ0) is 34.6. The monoisotopic (exact) mass is 652 g/mol. The Hall–Kier alpha value is -2.80. The average Bonchev–Trinajstić information content (AvgIpc) is 3.31. The van der Waals surface area contributed by atoms with Crippen LogP contribution in [0.3, 0.4) is 0 Å². The molecule has 0 amide bonds. The molecule has 1 aliphatic heterocycles. The van der Waals surface area contributed by atoms with Gasteiger partial charge in [0.2, 0.25) is 0 Å². The minimum Gasteiger partial charge on any atom is -0.459 e. The third-order valence-corrected chi connectivity index (χ3v) is 9.46. The van der Waals surface area contributed by atoms with Crippen LogP contribution in [-0.2, 0) is 47.6 Å². The number of fused-ring (bicyclic) bond motifs is 3. The minimum absolute atomic E-state index is 0.0326. The van der Waals surface area contributed by atoms with Gasteiger partial charge in [-0.25, -0.2) is 4.79 Å². The number of hydrogen-bond acceptors (Lipinski definition) is 12. The Kier molecular flexibility index (Phi) is 12.2. The molecule has 0 radical (unpaired) electrons. The molecule has 0 bridgehead atoms. The molecular formula is C34H52O12. The lowest BCUT2D eigenvalue weighted by Gasteiger charge is -2.43. The summed E-state index contributed by atoms with van der Waals surface area (Å²) in [7, 11) is 0. The van der Waals surface area contributed by atoms with Crippen LogP contribution in [0.5, 0.6) is 0 Å². The summed E-state index contributed by atoms with van der Waals surface area (Å²) in [5.41, 5.74) is -5.10. The molecule has 1 heterocycles. The SMILES string of the molecule is C/C=C(/C)C(=O)O[C@H]1C(C)=C2[C@H]([C@@H]1OC(=O)CCCCC)[C@@](C)(OC(C)=O)C[C@H](OC(=O)CCC)[C@@]1(O)[C@H]2O[C@H](OCC)[C@@]1(C)O. The minimum atomic E-state index is -2.34. The van der Waals surface area contributed by atoms with E-state index in [-0.39, 0.29) is 25.9 Å². The van der Waals surface area contributed by atoms with Gasteiger partial charge in [-0.3, -0.25) is 14.4 Å². The molecular weight excluding hydrogens is 600 g/mol. The van der Waals surface area contributed by atoms with Crippen LogP contribution >= 0.6 is 0 Å². The summed E-state index contributed by atoms with van der Waals surface area (Å²) in [6, 6.07) is 0. The number of carbonyl (C=O) groups is 4. The largest absolute Gasteiger partial charge is 0.459 e. The quantitative estimate of drug-likeness (QED) is 0.0968. The van der Waals surface area contributed by atoms with Crippen molar-refractivity contribution in [3.05, 3.63) is 22.8 Å². The van der Waals surface area contributed by atoms with E-state index in [1.807, 2.05) is 6.92 Å². The Morgan fingerprint density at radius 2 is 1.61 bits per heavy atom. The maximum absolute atomic E-state index is 13.3. The van der Waals surface area contributed by atoms with Gasteiger partial charge in [-0.15, -0.1) is 0 Å². The second-order valence-corrected chi connectivity index (χ2v) is 12.9. The van der Waals surface area contributed by atoms with Gasteiger partial charge in [-0.1, -0.05) is 32.8 Å². The van der Waals surface area contributed by atoms with Gasteiger partial charge in [-0.05, 0) is 65.5 Å². The second kappa shape index (κ2) is 15.0. The molecule has 1 saturated heterocycles. The zero-order valence-electron chi connectivity index (χ0n) is 28.7. The highest BCUT2D eigenvalue weighted by atomic mass is 16.7. The number of ether oxygens (including phenoxy) is 6. The Labute approximate surface area is 271 Å². The Morgan fingerprint density at radius 1 is 0.957 bits per heavy atom. The van der Waals surface area contributed by atoms with Gasteiger partial charge >= 0.3 is 23.9 Å². The molecule has 9 atom stereocenters. The standard InChI is InChI=1S/C34H52O12/c1-10-14-15-17-24(37)43-28-26-25(20(6)27(28)44-30(38)19(5)12-3)29-34(40,33(9,39)31(45-29)41-13-4)22(42-23(36)16-11-2)18-32(26,8)46-21(7)35/h12,22,26-29,31,39-40H,10-11,13-18H2,1-9H3/b19-12-/t22-,26+,27-,28-,29-,31-,32-,33+,34+/m0/s1. The molecule has 2 aliphatic carbocycles. The van der Waals surface area contributed by atoms with E-state index in [9.17, 15) is 29.4 Å². The number of aliphatic hydroxyl groups is 2. The summed E-state index contributed by atoms with van der Waals surface area (Å²) in [6.45, 7) is 14.7. The molecule has 0 aromatic rings. The van der Waals surface area contributed by atoms with Crippen molar-refractivity contribution >= 4 is 23.9 Å². The first kappa shape index (κ1) is 37.7.